The summed E-state index contributed by atoms with van der Waals surface area (Å²) in [7, 11) is -0.310. The van der Waals surface area contributed by atoms with Crippen molar-refractivity contribution in [3.8, 4) is 5.75 Å². The third-order valence-corrected chi connectivity index (χ3v) is 5.20. The fraction of sp³-hybridized carbons (Fsp3) is 0.700. The molecule has 0 aliphatic carbocycles. The number of unbranched alkanes of at least 4 members (excludes halogenated alkanes) is 1. The van der Waals surface area contributed by atoms with E-state index in [1.807, 2.05) is 12.1 Å². The number of hydrogen-bond donors (Lipinski definition) is 0. The SMILES string of the molecule is CCCCC(CCC)Oc1ccc(B2OC(C)(C)C(C)(C)O2)cc1. The maximum Gasteiger partial charge on any atom is 0.494 e. The van der Waals surface area contributed by atoms with Crippen LogP contribution in [0.4, 0.5) is 0 Å². The highest BCUT2D eigenvalue weighted by Crippen LogP contribution is 2.36. The van der Waals surface area contributed by atoms with Crippen molar-refractivity contribution in [3.63, 3.8) is 0 Å². The van der Waals surface area contributed by atoms with E-state index in [0.717, 1.165) is 30.5 Å². The highest BCUT2D eigenvalue weighted by Gasteiger charge is 2.51. The van der Waals surface area contributed by atoms with Crippen LogP contribution in [-0.4, -0.2) is 24.4 Å². The van der Waals surface area contributed by atoms with Crippen LogP contribution in [-0.2, 0) is 9.31 Å². The Balaban J connectivity index is 2.00. The highest BCUT2D eigenvalue weighted by atomic mass is 16.7. The summed E-state index contributed by atoms with van der Waals surface area (Å²) in [6.07, 6.45) is 6.14. The average molecular weight is 332 g/mol. The lowest BCUT2D eigenvalue weighted by molar-refractivity contribution is 0.00578. The molecule has 1 aliphatic heterocycles. The summed E-state index contributed by atoms with van der Waals surface area (Å²) < 4.78 is 18.4. The summed E-state index contributed by atoms with van der Waals surface area (Å²) in [5.74, 6) is 0.935. The van der Waals surface area contributed by atoms with Crippen molar-refractivity contribution in [2.45, 2.75) is 91.0 Å². The van der Waals surface area contributed by atoms with Crippen molar-refractivity contribution in [1.29, 1.82) is 0 Å². The van der Waals surface area contributed by atoms with Crippen molar-refractivity contribution >= 4 is 12.6 Å². The quantitative estimate of drug-likeness (QED) is 0.645. The molecule has 1 saturated heterocycles. The van der Waals surface area contributed by atoms with E-state index < -0.39 is 0 Å². The smallest absolute Gasteiger partial charge is 0.490 e. The molecule has 1 aromatic carbocycles. The summed E-state index contributed by atoms with van der Waals surface area (Å²) in [4.78, 5) is 0. The van der Waals surface area contributed by atoms with Crippen LogP contribution in [0.5, 0.6) is 5.75 Å². The molecule has 1 atom stereocenters. The number of ether oxygens (including phenoxy) is 1. The molecular weight excluding hydrogens is 299 g/mol. The molecule has 0 saturated carbocycles. The van der Waals surface area contributed by atoms with Crippen LogP contribution in [0.3, 0.4) is 0 Å². The molecule has 0 aromatic heterocycles. The molecular formula is C20H33BO3. The summed E-state index contributed by atoms with van der Waals surface area (Å²) >= 11 is 0. The molecule has 24 heavy (non-hydrogen) atoms. The zero-order valence-electron chi connectivity index (χ0n) is 16.2. The summed E-state index contributed by atoms with van der Waals surface area (Å²) in [5, 5.41) is 0. The third kappa shape index (κ3) is 4.55. The molecule has 0 bridgehead atoms. The Morgan fingerprint density at radius 1 is 0.917 bits per heavy atom. The highest BCUT2D eigenvalue weighted by molar-refractivity contribution is 6.62. The molecule has 0 N–H and O–H groups in total. The minimum Gasteiger partial charge on any atom is -0.490 e. The lowest BCUT2D eigenvalue weighted by atomic mass is 9.79. The fourth-order valence-corrected chi connectivity index (χ4v) is 2.89. The van der Waals surface area contributed by atoms with E-state index in [2.05, 4.69) is 53.7 Å². The molecule has 0 amide bonds. The maximum absolute atomic E-state index is 6.17. The van der Waals surface area contributed by atoms with Crippen molar-refractivity contribution in [3.05, 3.63) is 24.3 Å². The Bertz CT molecular complexity index is 494. The van der Waals surface area contributed by atoms with Gasteiger partial charge in [-0.2, -0.15) is 0 Å². The van der Waals surface area contributed by atoms with Crippen LogP contribution in [0.15, 0.2) is 24.3 Å². The molecule has 0 spiro atoms. The van der Waals surface area contributed by atoms with Gasteiger partial charge in [-0.05, 0) is 58.1 Å². The topological polar surface area (TPSA) is 27.7 Å². The van der Waals surface area contributed by atoms with Gasteiger partial charge in [-0.3, -0.25) is 0 Å². The van der Waals surface area contributed by atoms with Gasteiger partial charge in [0.1, 0.15) is 5.75 Å². The summed E-state index contributed by atoms with van der Waals surface area (Å²) in [5.41, 5.74) is 0.430. The third-order valence-electron chi connectivity index (χ3n) is 5.20. The van der Waals surface area contributed by atoms with Crippen LogP contribution in [0.2, 0.25) is 0 Å². The van der Waals surface area contributed by atoms with E-state index in [1.165, 1.54) is 12.8 Å². The first-order chi connectivity index (χ1) is 11.3. The van der Waals surface area contributed by atoms with Crippen molar-refractivity contribution < 1.29 is 14.0 Å². The first kappa shape index (κ1) is 19.3. The van der Waals surface area contributed by atoms with E-state index in [9.17, 15) is 0 Å². The van der Waals surface area contributed by atoms with Crippen LogP contribution in [0, 0.1) is 0 Å². The maximum atomic E-state index is 6.17. The van der Waals surface area contributed by atoms with Crippen molar-refractivity contribution in [1.82, 2.24) is 0 Å². The van der Waals surface area contributed by atoms with E-state index >= 15 is 0 Å². The standard InChI is InChI=1S/C20H33BO3/c1-7-9-11-17(10-8-2)22-18-14-12-16(13-15-18)21-23-19(3,4)20(5,6)24-21/h12-15,17H,7-11H2,1-6H3. The van der Waals surface area contributed by atoms with Gasteiger partial charge in [0, 0.05) is 0 Å². The van der Waals surface area contributed by atoms with Gasteiger partial charge < -0.3 is 14.0 Å². The van der Waals surface area contributed by atoms with Crippen LogP contribution >= 0.6 is 0 Å². The van der Waals surface area contributed by atoms with Gasteiger partial charge in [-0.15, -0.1) is 0 Å². The normalized spacial score (nSPS) is 20.2. The van der Waals surface area contributed by atoms with Crippen molar-refractivity contribution in [2.24, 2.45) is 0 Å². The van der Waals surface area contributed by atoms with Crippen LogP contribution in [0.1, 0.15) is 73.6 Å². The fourth-order valence-electron chi connectivity index (χ4n) is 2.89. The minimum absolute atomic E-state index is 0.306. The predicted octanol–water partition coefficient (Wildman–Crippen LogP) is 4.72. The Hall–Kier alpha value is -0.995. The second-order valence-electron chi connectivity index (χ2n) is 7.83. The summed E-state index contributed by atoms with van der Waals surface area (Å²) in [6.45, 7) is 12.7. The Morgan fingerprint density at radius 3 is 2.00 bits per heavy atom. The monoisotopic (exact) mass is 332 g/mol. The Kier molecular flexibility index (Phi) is 6.38. The predicted molar refractivity (Wildman–Crippen MR) is 101 cm³/mol. The number of rotatable bonds is 8. The van der Waals surface area contributed by atoms with E-state index in [0.29, 0.717) is 6.10 Å². The average Bonchev–Trinajstić information content (AvgIpc) is 2.74. The summed E-state index contributed by atoms with van der Waals surface area (Å²) in [6, 6.07) is 8.19. The second-order valence-corrected chi connectivity index (χ2v) is 7.83. The molecule has 3 nitrogen and oxygen atoms in total. The Labute approximate surface area is 148 Å². The largest absolute Gasteiger partial charge is 0.494 e. The molecule has 1 fully saturated rings. The molecule has 1 aliphatic rings. The van der Waals surface area contributed by atoms with Crippen LogP contribution in [0.25, 0.3) is 0 Å². The molecule has 134 valence electrons. The van der Waals surface area contributed by atoms with Gasteiger partial charge in [0.15, 0.2) is 0 Å². The van der Waals surface area contributed by atoms with Gasteiger partial charge in [0.2, 0.25) is 0 Å². The van der Waals surface area contributed by atoms with Gasteiger partial charge in [-0.1, -0.05) is 45.2 Å². The zero-order valence-corrected chi connectivity index (χ0v) is 16.2. The van der Waals surface area contributed by atoms with Gasteiger partial charge in [0.25, 0.3) is 0 Å². The number of hydrogen-bond acceptors (Lipinski definition) is 3. The lowest BCUT2D eigenvalue weighted by Crippen LogP contribution is -2.41. The molecule has 1 aromatic rings. The molecule has 4 heteroatoms. The van der Waals surface area contributed by atoms with Gasteiger partial charge >= 0.3 is 7.12 Å². The van der Waals surface area contributed by atoms with E-state index in [4.69, 9.17) is 14.0 Å². The lowest BCUT2D eigenvalue weighted by Gasteiger charge is -2.32. The van der Waals surface area contributed by atoms with E-state index in [-0.39, 0.29) is 18.3 Å². The number of benzene rings is 1. The van der Waals surface area contributed by atoms with Crippen LogP contribution < -0.4 is 10.2 Å². The molecule has 2 rings (SSSR count). The van der Waals surface area contributed by atoms with Crippen molar-refractivity contribution in [2.75, 3.05) is 0 Å². The van der Waals surface area contributed by atoms with E-state index in [1.54, 1.807) is 0 Å². The molecule has 1 heterocycles. The molecule has 1 unspecified atom stereocenters. The first-order valence-corrected chi connectivity index (χ1v) is 9.41. The zero-order chi connectivity index (χ0) is 17.8. The van der Waals surface area contributed by atoms with Gasteiger partial charge in [-0.25, -0.2) is 0 Å². The first-order valence-electron chi connectivity index (χ1n) is 9.41. The van der Waals surface area contributed by atoms with Gasteiger partial charge in [0.05, 0.1) is 17.3 Å². The minimum atomic E-state index is -0.310. The molecule has 0 radical (unpaired) electrons. The second kappa shape index (κ2) is 7.92. The Morgan fingerprint density at radius 2 is 1.50 bits per heavy atom.